The number of hydrogen-bond acceptors (Lipinski definition) is 5. The average molecular weight is 281 g/mol. The maximum Gasteiger partial charge on any atom is 0.170 e. The van der Waals surface area contributed by atoms with Crippen molar-refractivity contribution in [1.29, 1.82) is 0 Å². The zero-order valence-electron chi connectivity index (χ0n) is 12.3. The number of methoxy groups -OCH3 is 1. The number of aliphatic hydroxyl groups excluding tert-OH is 1. The van der Waals surface area contributed by atoms with Crippen LogP contribution in [0.25, 0.3) is 0 Å². The van der Waals surface area contributed by atoms with Crippen LogP contribution in [0.15, 0.2) is 23.4 Å². The number of hydrogen-bond donors (Lipinski definition) is 4. The number of rotatable bonds is 6. The van der Waals surface area contributed by atoms with Crippen LogP contribution in [0.2, 0.25) is 0 Å². The Balaban J connectivity index is 2.98. The number of nitrogens with zero attached hydrogens (tertiary/aromatic N) is 1. The first kappa shape index (κ1) is 16.3. The third-order valence-electron chi connectivity index (χ3n) is 3.46. The van der Waals surface area contributed by atoms with Crippen molar-refractivity contribution in [2.75, 3.05) is 7.11 Å². The van der Waals surface area contributed by atoms with Crippen molar-refractivity contribution in [3.8, 4) is 5.75 Å². The lowest BCUT2D eigenvalue weighted by Gasteiger charge is -2.30. The van der Waals surface area contributed by atoms with Crippen LogP contribution in [0.4, 0.5) is 0 Å². The number of amidine groups is 1. The standard InChI is InChI=1S/C14H23N3O3/c1-9(18)14(2,3)16-8-11-7-10(13(15)17-19)5-6-12(11)20-4/h5-7,9,16,18-19H,8H2,1-4H3,(H2,15,17). The van der Waals surface area contributed by atoms with E-state index in [1.807, 2.05) is 13.8 Å². The molecule has 1 unspecified atom stereocenters. The molecular weight excluding hydrogens is 258 g/mol. The highest BCUT2D eigenvalue weighted by Crippen LogP contribution is 2.21. The maximum absolute atomic E-state index is 9.70. The summed E-state index contributed by atoms with van der Waals surface area (Å²) >= 11 is 0. The minimum atomic E-state index is -0.499. The van der Waals surface area contributed by atoms with Gasteiger partial charge in [-0.15, -0.1) is 0 Å². The van der Waals surface area contributed by atoms with Crippen molar-refractivity contribution in [2.45, 2.75) is 39.0 Å². The second-order valence-electron chi connectivity index (χ2n) is 5.26. The molecule has 1 aromatic carbocycles. The second kappa shape index (κ2) is 6.58. The van der Waals surface area contributed by atoms with Crippen LogP contribution in [-0.4, -0.2) is 34.9 Å². The minimum absolute atomic E-state index is 0.0451. The van der Waals surface area contributed by atoms with Crippen molar-refractivity contribution in [3.63, 3.8) is 0 Å². The van der Waals surface area contributed by atoms with Crippen LogP contribution in [0, 0.1) is 0 Å². The molecule has 0 amide bonds. The first-order valence-corrected chi connectivity index (χ1v) is 6.39. The molecule has 0 radical (unpaired) electrons. The molecule has 0 bridgehead atoms. The van der Waals surface area contributed by atoms with Crippen LogP contribution in [0.1, 0.15) is 31.9 Å². The van der Waals surface area contributed by atoms with Crippen LogP contribution < -0.4 is 15.8 Å². The first-order valence-electron chi connectivity index (χ1n) is 6.39. The molecule has 0 spiro atoms. The normalized spacial score (nSPS) is 14.2. The molecule has 0 aromatic heterocycles. The van der Waals surface area contributed by atoms with Gasteiger partial charge in [-0.3, -0.25) is 0 Å². The summed E-state index contributed by atoms with van der Waals surface area (Å²) in [4.78, 5) is 0. The van der Waals surface area contributed by atoms with Crippen molar-refractivity contribution >= 4 is 5.84 Å². The van der Waals surface area contributed by atoms with Gasteiger partial charge in [0.05, 0.1) is 13.2 Å². The molecule has 5 N–H and O–H groups in total. The van der Waals surface area contributed by atoms with E-state index in [9.17, 15) is 5.11 Å². The van der Waals surface area contributed by atoms with E-state index in [1.54, 1.807) is 32.2 Å². The monoisotopic (exact) mass is 281 g/mol. The van der Waals surface area contributed by atoms with Gasteiger partial charge in [0, 0.05) is 23.2 Å². The number of nitrogens with two attached hydrogens (primary N) is 1. The van der Waals surface area contributed by atoms with E-state index < -0.39 is 11.6 Å². The fourth-order valence-electron chi connectivity index (χ4n) is 1.60. The molecule has 1 atom stereocenters. The molecular formula is C14H23N3O3. The second-order valence-corrected chi connectivity index (χ2v) is 5.26. The van der Waals surface area contributed by atoms with E-state index in [-0.39, 0.29) is 5.84 Å². The summed E-state index contributed by atoms with van der Waals surface area (Å²) in [5.74, 6) is 0.747. The molecule has 0 aliphatic heterocycles. The zero-order chi connectivity index (χ0) is 15.3. The molecule has 6 heteroatoms. The van der Waals surface area contributed by atoms with Crippen LogP contribution in [0.3, 0.4) is 0 Å². The Kier molecular flexibility index (Phi) is 5.35. The third kappa shape index (κ3) is 3.85. The Morgan fingerprint density at radius 2 is 2.15 bits per heavy atom. The lowest BCUT2D eigenvalue weighted by Crippen LogP contribution is -2.47. The number of aliphatic hydroxyl groups is 1. The van der Waals surface area contributed by atoms with E-state index in [0.717, 1.165) is 5.56 Å². The van der Waals surface area contributed by atoms with Gasteiger partial charge in [-0.25, -0.2) is 0 Å². The molecule has 1 rings (SSSR count). The molecule has 0 saturated carbocycles. The summed E-state index contributed by atoms with van der Waals surface area (Å²) in [6.45, 7) is 6.06. The van der Waals surface area contributed by atoms with Gasteiger partial charge >= 0.3 is 0 Å². The Morgan fingerprint density at radius 1 is 1.50 bits per heavy atom. The Bertz CT molecular complexity index is 485. The molecule has 0 heterocycles. The molecule has 112 valence electrons. The van der Waals surface area contributed by atoms with Gasteiger partial charge in [0.25, 0.3) is 0 Å². The van der Waals surface area contributed by atoms with E-state index in [2.05, 4.69) is 10.5 Å². The number of nitrogens with one attached hydrogen (secondary N) is 1. The van der Waals surface area contributed by atoms with Crippen molar-refractivity contribution in [1.82, 2.24) is 5.32 Å². The minimum Gasteiger partial charge on any atom is -0.496 e. The van der Waals surface area contributed by atoms with E-state index in [0.29, 0.717) is 17.9 Å². The van der Waals surface area contributed by atoms with Crippen LogP contribution in [-0.2, 0) is 6.54 Å². The lowest BCUT2D eigenvalue weighted by molar-refractivity contribution is 0.0955. The van der Waals surface area contributed by atoms with Gasteiger partial charge in [0.2, 0.25) is 0 Å². The van der Waals surface area contributed by atoms with Gasteiger partial charge in [0.1, 0.15) is 5.75 Å². The summed E-state index contributed by atoms with van der Waals surface area (Å²) in [6.07, 6.45) is -0.499. The highest BCUT2D eigenvalue weighted by molar-refractivity contribution is 5.97. The number of ether oxygens (including phenoxy) is 1. The number of oxime groups is 1. The average Bonchev–Trinajstić information content (AvgIpc) is 2.43. The molecule has 20 heavy (non-hydrogen) atoms. The lowest BCUT2D eigenvalue weighted by atomic mass is 9.98. The van der Waals surface area contributed by atoms with Gasteiger partial charge in [-0.1, -0.05) is 5.16 Å². The van der Waals surface area contributed by atoms with Crippen LogP contribution >= 0.6 is 0 Å². The van der Waals surface area contributed by atoms with Crippen molar-refractivity contribution < 1.29 is 15.1 Å². The molecule has 0 aliphatic rings. The summed E-state index contributed by atoms with van der Waals surface area (Å²) < 4.78 is 5.29. The summed E-state index contributed by atoms with van der Waals surface area (Å²) in [7, 11) is 1.59. The Labute approximate surface area is 119 Å². The van der Waals surface area contributed by atoms with Crippen molar-refractivity contribution in [2.24, 2.45) is 10.9 Å². The molecule has 0 aliphatic carbocycles. The van der Waals surface area contributed by atoms with Crippen molar-refractivity contribution in [3.05, 3.63) is 29.3 Å². The Morgan fingerprint density at radius 3 is 2.65 bits per heavy atom. The third-order valence-corrected chi connectivity index (χ3v) is 3.46. The van der Waals surface area contributed by atoms with Gasteiger partial charge in [0.15, 0.2) is 5.84 Å². The molecule has 6 nitrogen and oxygen atoms in total. The van der Waals surface area contributed by atoms with Gasteiger partial charge in [-0.2, -0.15) is 0 Å². The van der Waals surface area contributed by atoms with E-state index >= 15 is 0 Å². The largest absolute Gasteiger partial charge is 0.496 e. The fraction of sp³-hybridized carbons (Fsp3) is 0.500. The predicted molar refractivity (Wildman–Crippen MR) is 78.1 cm³/mol. The highest BCUT2D eigenvalue weighted by Gasteiger charge is 2.23. The van der Waals surface area contributed by atoms with Gasteiger partial charge in [-0.05, 0) is 39.0 Å². The summed E-state index contributed by atoms with van der Waals surface area (Å²) in [6, 6.07) is 5.27. The van der Waals surface area contributed by atoms with Crippen LogP contribution in [0.5, 0.6) is 5.75 Å². The quantitative estimate of drug-likeness (QED) is 0.270. The summed E-state index contributed by atoms with van der Waals surface area (Å²) in [5.41, 5.74) is 6.63. The fourth-order valence-corrected chi connectivity index (χ4v) is 1.60. The maximum atomic E-state index is 9.70. The first-order chi connectivity index (χ1) is 9.31. The topological polar surface area (TPSA) is 100 Å². The summed E-state index contributed by atoms with van der Waals surface area (Å²) in [5, 5.41) is 24.7. The predicted octanol–water partition coefficient (Wildman–Crippen LogP) is 1.04. The van der Waals surface area contributed by atoms with E-state index in [1.165, 1.54) is 0 Å². The SMILES string of the molecule is COc1ccc(/C(N)=N/O)cc1CNC(C)(C)C(C)O. The highest BCUT2D eigenvalue weighted by atomic mass is 16.5. The smallest absolute Gasteiger partial charge is 0.170 e. The zero-order valence-corrected chi connectivity index (χ0v) is 12.3. The van der Waals surface area contributed by atoms with E-state index in [4.69, 9.17) is 15.7 Å². The Hall–Kier alpha value is -1.79. The number of benzene rings is 1. The van der Waals surface area contributed by atoms with Gasteiger partial charge < -0.3 is 26.1 Å². The molecule has 0 saturated heterocycles. The molecule has 1 aromatic rings. The molecule has 0 fully saturated rings.